The number of hydrogen-bond donors (Lipinski definition) is 2. The van der Waals surface area contributed by atoms with E-state index in [0.717, 1.165) is 15.9 Å². The molecule has 0 bridgehead atoms. The zero-order valence-corrected chi connectivity index (χ0v) is 22.4. The van der Waals surface area contributed by atoms with Crippen molar-refractivity contribution in [1.82, 2.24) is 10.6 Å². The lowest BCUT2D eigenvalue weighted by molar-refractivity contribution is -0.123. The molecule has 0 spiro atoms. The smallest absolute Gasteiger partial charge is 0.328 e. The summed E-state index contributed by atoms with van der Waals surface area (Å²) in [6.07, 6.45) is 1.39. The summed E-state index contributed by atoms with van der Waals surface area (Å²) in [5.74, 6) is -1.60. The molecule has 0 aliphatic carbocycles. The maximum atomic E-state index is 13.8. The lowest BCUT2D eigenvalue weighted by Gasteiger charge is -2.26. The van der Waals surface area contributed by atoms with Gasteiger partial charge in [0.1, 0.15) is 40.7 Å². The molecular formula is C29H22BrN2O5P. The van der Waals surface area contributed by atoms with Crippen LogP contribution in [0.4, 0.5) is 4.79 Å². The van der Waals surface area contributed by atoms with E-state index in [1.165, 1.54) is 18.2 Å². The van der Waals surface area contributed by atoms with Crippen LogP contribution in [0.1, 0.15) is 16.3 Å². The van der Waals surface area contributed by atoms with Crippen molar-refractivity contribution in [2.24, 2.45) is 0 Å². The molecule has 1 aliphatic heterocycles. The van der Waals surface area contributed by atoms with Gasteiger partial charge >= 0.3 is 6.03 Å². The molecule has 1 saturated heterocycles. The molecule has 0 atom stereocenters. The van der Waals surface area contributed by atoms with Gasteiger partial charge in [-0.05, 0) is 54.6 Å². The molecule has 190 valence electrons. The molecular weight excluding hydrogens is 567 g/mol. The average molecular weight is 589 g/mol. The monoisotopic (exact) mass is 588 g/mol. The molecule has 1 fully saturated rings. The molecule has 4 amide bonds. The molecule has 9 heteroatoms. The first-order valence-corrected chi connectivity index (χ1v) is 13.5. The third-order valence-corrected chi connectivity index (χ3v) is 10.4. The van der Waals surface area contributed by atoms with E-state index >= 15 is 0 Å². The fraction of sp³-hybridized carbons (Fsp3) is 0.0345. The van der Waals surface area contributed by atoms with Crippen molar-refractivity contribution in [1.29, 1.82) is 0 Å². The molecule has 3 aromatic carbocycles. The number of carbonyl (C=O) groups is 4. The van der Waals surface area contributed by atoms with Crippen LogP contribution in [0.5, 0.6) is 0 Å². The third kappa shape index (κ3) is 5.28. The third-order valence-electron chi connectivity index (χ3n) is 6.10. The van der Waals surface area contributed by atoms with Crippen LogP contribution >= 0.6 is 7.26 Å². The van der Waals surface area contributed by atoms with Crippen molar-refractivity contribution in [3.63, 3.8) is 0 Å². The molecule has 7 nitrogen and oxygen atoms in total. The highest BCUT2D eigenvalue weighted by atomic mass is 79.9. The number of ketones is 1. The van der Waals surface area contributed by atoms with E-state index in [2.05, 4.69) is 36.4 Å². The number of hydrogen-bond acceptors (Lipinski definition) is 5. The van der Waals surface area contributed by atoms with Gasteiger partial charge in [-0.3, -0.25) is 25.0 Å². The van der Waals surface area contributed by atoms with Crippen molar-refractivity contribution in [2.45, 2.75) is 0 Å². The van der Waals surface area contributed by atoms with E-state index in [4.69, 9.17) is 4.42 Å². The van der Waals surface area contributed by atoms with Crippen LogP contribution < -0.4 is 43.5 Å². The summed E-state index contributed by atoms with van der Waals surface area (Å²) in [5.41, 5.74) is -0.285. The maximum Gasteiger partial charge on any atom is 0.328 e. The van der Waals surface area contributed by atoms with E-state index in [1.54, 1.807) is 0 Å². The highest BCUT2D eigenvalue weighted by molar-refractivity contribution is 7.96. The fourth-order valence-corrected chi connectivity index (χ4v) is 8.46. The van der Waals surface area contributed by atoms with E-state index in [0.29, 0.717) is 0 Å². The van der Waals surface area contributed by atoms with Crippen LogP contribution in [-0.4, -0.2) is 29.8 Å². The number of barbiturate groups is 1. The highest BCUT2D eigenvalue weighted by Crippen LogP contribution is 2.55. The minimum Gasteiger partial charge on any atom is -1.00 e. The zero-order valence-electron chi connectivity index (χ0n) is 20.0. The Morgan fingerprint density at radius 3 is 1.58 bits per heavy atom. The minimum absolute atomic E-state index is 0. The second-order valence-electron chi connectivity index (χ2n) is 8.40. The Labute approximate surface area is 230 Å². The number of benzene rings is 3. The quantitative estimate of drug-likeness (QED) is 0.139. The Bertz CT molecular complexity index is 1400. The number of furan rings is 1. The fourth-order valence-electron chi connectivity index (χ4n) is 4.39. The highest BCUT2D eigenvalue weighted by Gasteiger charge is 2.47. The summed E-state index contributed by atoms with van der Waals surface area (Å²) in [4.78, 5) is 49.2. The normalized spacial score (nSPS) is 13.3. The Morgan fingerprint density at radius 2 is 1.13 bits per heavy atom. The molecule has 1 aromatic heterocycles. The van der Waals surface area contributed by atoms with Gasteiger partial charge in [0.15, 0.2) is 5.76 Å². The van der Waals surface area contributed by atoms with Gasteiger partial charge in [-0.2, -0.15) is 0 Å². The number of imide groups is 2. The van der Waals surface area contributed by atoms with E-state index < -0.39 is 25.1 Å². The topological polar surface area (TPSA) is 105 Å². The first-order valence-electron chi connectivity index (χ1n) is 11.5. The largest absolute Gasteiger partial charge is 1.00 e. The number of rotatable bonds is 7. The molecule has 38 heavy (non-hydrogen) atoms. The average Bonchev–Trinajstić information content (AvgIpc) is 3.40. The predicted molar refractivity (Wildman–Crippen MR) is 143 cm³/mol. The summed E-state index contributed by atoms with van der Waals surface area (Å²) in [5, 5.41) is 7.22. The van der Waals surface area contributed by atoms with Crippen LogP contribution in [0, 0.1) is 0 Å². The lowest BCUT2D eigenvalue weighted by Crippen LogP contribution is -3.00. The van der Waals surface area contributed by atoms with E-state index in [-0.39, 0.29) is 46.0 Å². The number of nitrogens with one attached hydrogen (secondary N) is 2. The van der Waals surface area contributed by atoms with Gasteiger partial charge in [-0.25, -0.2) is 4.79 Å². The standard InChI is InChI=1S/C29H21N2O5P.BrH/c32-25(26-17-16-20(36-26)18-24-27(33)30-29(35)31-28(24)34)19-37(21-10-4-1-5-11-21,22-12-6-2-7-13-22)23-14-8-3-9-15-23;/h1-18H,19H2,(H-,30,31,33,34,35);1H. The van der Waals surface area contributed by atoms with Gasteiger partial charge in [0, 0.05) is 0 Å². The van der Waals surface area contributed by atoms with E-state index in [1.807, 2.05) is 65.2 Å². The second kappa shape index (κ2) is 11.5. The van der Waals surface area contributed by atoms with Gasteiger partial charge < -0.3 is 21.4 Å². The summed E-state index contributed by atoms with van der Waals surface area (Å²) in [7, 11) is -2.42. The Hall–Kier alpha value is -4.13. The van der Waals surface area contributed by atoms with Gasteiger partial charge in [-0.1, -0.05) is 54.6 Å². The van der Waals surface area contributed by atoms with Crippen molar-refractivity contribution in [3.8, 4) is 0 Å². The first kappa shape index (κ1) is 26.9. The molecule has 5 rings (SSSR count). The zero-order chi connectivity index (χ0) is 25.8. The molecule has 0 radical (unpaired) electrons. The van der Waals surface area contributed by atoms with Crippen LogP contribution in [0.2, 0.25) is 0 Å². The van der Waals surface area contributed by atoms with Crippen LogP contribution in [0.3, 0.4) is 0 Å². The molecule has 0 unspecified atom stereocenters. The van der Waals surface area contributed by atoms with E-state index in [9.17, 15) is 19.2 Å². The SMILES string of the molecule is O=C1NC(=O)C(=Cc2ccc(C(=O)C[P+](c3ccccc3)(c3ccccc3)c3ccccc3)o2)C(=O)N1.[Br-]. The number of carbonyl (C=O) groups excluding carboxylic acids is 4. The summed E-state index contributed by atoms with van der Waals surface area (Å²) >= 11 is 0. The van der Waals surface area contributed by atoms with Crippen LogP contribution in [0.25, 0.3) is 6.08 Å². The van der Waals surface area contributed by atoms with Crippen molar-refractivity contribution < 1.29 is 40.6 Å². The maximum absolute atomic E-state index is 13.8. The second-order valence-corrected chi connectivity index (χ2v) is 11.9. The number of halogens is 1. The Morgan fingerprint density at radius 1 is 0.684 bits per heavy atom. The molecule has 2 N–H and O–H groups in total. The summed E-state index contributed by atoms with van der Waals surface area (Å²) in [6, 6.07) is 32.2. The van der Waals surface area contributed by atoms with Crippen molar-refractivity contribution in [3.05, 3.63) is 120 Å². The predicted octanol–water partition coefficient (Wildman–Crippen LogP) is 0.210. The molecule has 4 aromatic rings. The number of amides is 4. The van der Waals surface area contributed by atoms with Gasteiger partial charge in [0.25, 0.3) is 11.8 Å². The molecule has 2 heterocycles. The Balaban J connectivity index is 0.00000336. The van der Waals surface area contributed by atoms with Gasteiger partial charge in [0.05, 0.1) is 0 Å². The molecule has 1 aliphatic rings. The van der Waals surface area contributed by atoms with Crippen LogP contribution in [0.15, 0.2) is 113 Å². The van der Waals surface area contributed by atoms with Crippen LogP contribution in [-0.2, 0) is 9.59 Å². The van der Waals surface area contributed by atoms with Gasteiger partial charge in [0.2, 0.25) is 5.78 Å². The summed E-state index contributed by atoms with van der Waals surface area (Å²) in [6.45, 7) is 0. The van der Waals surface area contributed by atoms with Gasteiger partial charge in [-0.15, -0.1) is 0 Å². The van der Waals surface area contributed by atoms with Crippen molar-refractivity contribution >= 4 is 52.9 Å². The Kier molecular flexibility index (Phi) is 8.15. The number of Topliss-reactive ketones (excluding diaryl/α,β-unsaturated/α-hetero) is 1. The minimum atomic E-state index is -2.42. The van der Waals surface area contributed by atoms with Crippen molar-refractivity contribution in [2.75, 3.05) is 6.16 Å². The summed E-state index contributed by atoms with van der Waals surface area (Å²) < 4.78 is 5.77. The number of urea groups is 1. The first-order chi connectivity index (χ1) is 18.0. The molecule has 0 saturated carbocycles. The lowest BCUT2D eigenvalue weighted by atomic mass is 10.1.